The van der Waals surface area contributed by atoms with Crippen LogP contribution in [0, 0.1) is 19.8 Å². The molecule has 5 nitrogen and oxygen atoms in total. The van der Waals surface area contributed by atoms with E-state index in [-0.39, 0.29) is 11.1 Å². The van der Waals surface area contributed by atoms with Gasteiger partial charge in [0.05, 0.1) is 7.11 Å². The molecule has 1 atom stereocenters. The summed E-state index contributed by atoms with van der Waals surface area (Å²) in [6.45, 7) is 3.86. The van der Waals surface area contributed by atoms with Gasteiger partial charge in [-0.25, -0.2) is 0 Å². The van der Waals surface area contributed by atoms with Crippen molar-refractivity contribution in [2.75, 3.05) is 12.9 Å². The number of benzene rings is 2. The van der Waals surface area contributed by atoms with Crippen molar-refractivity contribution < 1.29 is 13.4 Å². The highest BCUT2D eigenvalue weighted by Gasteiger charge is 2.46. The Morgan fingerprint density at radius 3 is 2.41 bits per heavy atom. The molecular weight excluding hydrogens is 389 g/mol. The average Bonchev–Trinajstić information content (AvgIpc) is 3.45. The van der Waals surface area contributed by atoms with Gasteiger partial charge in [-0.15, -0.1) is 10.2 Å². The maximum absolute atomic E-state index is 16.5. The van der Waals surface area contributed by atoms with Crippen LogP contribution in [0.2, 0.25) is 0 Å². The van der Waals surface area contributed by atoms with E-state index in [0.29, 0.717) is 27.8 Å². The third kappa shape index (κ3) is 3.79. The molecule has 0 aromatic heterocycles. The van der Waals surface area contributed by atoms with Gasteiger partial charge in [0.1, 0.15) is 10.8 Å². The lowest BCUT2D eigenvalue weighted by Gasteiger charge is -2.29. The quantitative estimate of drug-likeness (QED) is 0.760. The lowest BCUT2D eigenvalue weighted by atomic mass is 10.1. The van der Waals surface area contributed by atoms with E-state index in [9.17, 15) is 4.79 Å². The van der Waals surface area contributed by atoms with E-state index in [4.69, 9.17) is 4.74 Å². The van der Waals surface area contributed by atoms with Crippen LogP contribution in [-0.4, -0.2) is 29.0 Å². The average molecular weight is 414 g/mol. The van der Waals surface area contributed by atoms with E-state index in [1.807, 2.05) is 32.0 Å². The van der Waals surface area contributed by atoms with Crippen LogP contribution in [0.3, 0.4) is 0 Å². The summed E-state index contributed by atoms with van der Waals surface area (Å²) >= 11 is 0. The molecule has 2 aliphatic rings. The molecule has 0 bridgehead atoms. The predicted molar refractivity (Wildman–Crippen MR) is 117 cm³/mol. The number of ether oxygens (including phenoxy) is 1. The Morgan fingerprint density at radius 1 is 1.17 bits per heavy atom. The molecule has 1 aliphatic heterocycles. The minimum atomic E-state index is -3.00. The highest BCUT2D eigenvalue weighted by Crippen LogP contribution is 2.60. The molecule has 1 unspecified atom stereocenters. The zero-order chi connectivity index (χ0) is 20.6. The van der Waals surface area contributed by atoms with Gasteiger partial charge >= 0.3 is 0 Å². The molecular formula is C22H24FN3O2S. The number of amides is 1. The fourth-order valence-corrected chi connectivity index (χ4v) is 6.15. The Hall–Kier alpha value is -2.67. The zero-order valence-electron chi connectivity index (χ0n) is 16.7. The van der Waals surface area contributed by atoms with Crippen LogP contribution in [0.15, 0.2) is 52.7 Å². The van der Waals surface area contributed by atoms with Crippen molar-refractivity contribution in [1.29, 1.82) is 0 Å². The van der Waals surface area contributed by atoms with Gasteiger partial charge in [-0.05, 0) is 68.0 Å². The number of rotatable bonds is 5. The molecule has 1 saturated carbocycles. The van der Waals surface area contributed by atoms with Crippen LogP contribution in [0.5, 0.6) is 5.75 Å². The van der Waals surface area contributed by atoms with Crippen molar-refractivity contribution in [3.05, 3.63) is 64.7 Å². The van der Waals surface area contributed by atoms with E-state index in [0.717, 1.165) is 29.7 Å². The topological polar surface area (TPSA) is 63.1 Å². The minimum absolute atomic E-state index is 0.0550. The number of amidine groups is 1. The van der Waals surface area contributed by atoms with Crippen LogP contribution < -0.4 is 10.1 Å². The van der Waals surface area contributed by atoms with Crippen LogP contribution in [0.4, 0.5) is 3.89 Å². The molecule has 0 spiro atoms. The van der Waals surface area contributed by atoms with Crippen molar-refractivity contribution in [2.45, 2.75) is 26.7 Å². The highest BCUT2D eigenvalue weighted by atomic mass is 32.3. The molecule has 4 rings (SSSR count). The van der Waals surface area contributed by atoms with Crippen LogP contribution in [-0.2, 0) is 0 Å². The smallest absolute Gasteiger partial charge is 0.257 e. The fourth-order valence-electron chi connectivity index (χ4n) is 3.58. The molecule has 0 radical (unpaired) electrons. The SMILES string of the molecule is COc1c(C)cc(C2=NN=C(NC(=O)c3ccccc3)S2(F)CC2CC2)cc1C. The Morgan fingerprint density at radius 2 is 1.83 bits per heavy atom. The molecule has 2 aromatic rings. The predicted octanol–water partition coefficient (Wildman–Crippen LogP) is 4.87. The van der Waals surface area contributed by atoms with Gasteiger partial charge in [0.25, 0.3) is 5.91 Å². The second-order valence-electron chi connectivity index (χ2n) is 7.54. The van der Waals surface area contributed by atoms with Gasteiger partial charge in [0.15, 0.2) is 0 Å². The first-order valence-electron chi connectivity index (χ1n) is 9.61. The molecule has 7 heteroatoms. The molecule has 152 valence electrons. The number of carbonyl (C=O) groups is 1. The Labute approximate surface area is 171 Å². The van der Waals surface area contributed by atoms with E-state index in [1.165, 1.54) is 0 Å². The summed E-state index contributed by atoms with van der Waals surface area (Å²) in [7, 11) is -1.38. The molecule has 1 aliphatic carbocycles. The van der Waals surface area contributed by atoms with Crippen molar-refractivity contribution >= 4 is 26.5 Å². The number of nitrogens with zero attached hydrogens (tertiary/aromatic N) is 2. The lowest BCUT2D eigenvalue weighted by Crippen LogP contribution is -2.35. The standard InChI is InChI=1S/C22H24FN3O2S/c1-14-11-18(12-15(2)19(14)28-3)21-25-26-22(29(21,23)13-16-9-10-16)24-20(27)17-7-5-4-6-8-17/h4-8,11-12,16H,9-10,13H2,1-3H3,(H,24,26,27). The Kier molecular flexibility index (Phi) is 5.17. The lowest BCUT2D eigenvalue weighted by molar-refractivity contribution is 0.0977. The number of nitrogens with one attached hydrogen (secondary N) is 1. The minimum Gasteiger partial charge on any atom is -0.496 e. The fraction of sp³-hybridized carbons (Fsp3) is 0.318. The highest BCUT2D eigenvalue weighted by molar-refractivity contribution is 8.53. The third-order valence-electron chi connectivity index (χ3n) is 5.17. The molecule has 2 aromatic carbocycles. The van der Waals surface area contributed by atoms with Crippen molar-refractivity contribution in [2.24, 2.45) is 16.1 Å². The zero-order valence-corrected chi connectivity index (χ0v) is 17.6. The third-order valence-corrected chi connectivity index (χ3v) is 7.83. The van der Waals surface area contributed by atoms with E-state index >= 15 is 3.89 Å². The largest absolute Gasteiger partial charge is 0.496 e. The van der Waals surface area contributed by atoms with E-state index in [2.05, 4.69) is 15.5 Å². The number of carbonyl (C=O) groups excluding carboxylic acids is 1. The second kappa shape index (κ2) is 7.63. The summed E-state index contributed by atoms with van der Waals surface area (Å²) in [6, 6.07) is 12.5. The molecule has 1 heterocycles. The maximum Gasteiger partial charge on any atom is 0.257 e. The summed E-state index contributed by atoms with van der Waals surface area (Å²) in [6.07, 6.45) is 2.01. The summed E-state index contributed by atoms with van der Waals surface area (Å²) < 4.78 is 21.9. The molecule has 1 fully saturated rings. The van der Waals surface area contributed by atoms with Gasteiger partial charge in [-0.3, -0.25) is 10.1 Å². The first kappa shape index (κ1) is 19.6. The Bertz CT molecular complexity index is 995. The van der Waals surface area contributed by atoms with Gasteiger partial charge in [0.2, 0.25) is 5.17 Å². The normalized spacial score (nSPS) is 23.0. The molecule has 1 amide bonds. The van der Waals surface area contributed by atoms with Crippen molar-refractivity contribution in [1.82, 2.24) is 5.32 Å². The van der Waals surface area contributed by atoms with Crippen molar-refractivity contribution in [3.63, 3.8) is 0 Å². The number of methoxy groups -OCH3 is 1. The van der Waals surface area contributed by atoms with E-state index < -0.39 is 10.4 Å². The van der Waals surface area contributed by atoms with Crippen LogP contribution in [0.25, 0.3) is 0 Å². The number of aryl methyl sites for hydroxylation is 2. The number of hydrogen-bond donors (Lipinski definition) is 1. The Balaban J connectivity index is 1.65. The molecule has 1 N–H and O–H groups in total. The van der Waals surface area contributed by atoms with Crippen LogP contribution in [0.1, 0.15) is 39.9 Å². The van der Waals surface area contributed by atoms with Crippen molar-refractivity contribution in [3.8, 4) is 5.75 Å². The monoisotopic (exact) mass is 413 g/mol. The summed E-state index contributed by atoms with van der Waals surface area (Å²) in [4.78, 5) is 12.6. The molecule has 0 saturated heterocycles. The van der Waals surface area contributed by atoms with Gasteiger partial charge in [-0.2, -0.15) is 3.89 Å². The summed E-state index contributed by atoms with van der Waals surface area (Å²) in [5.74, 6) is 1.09. The van der Waals surface area contributed by atoms with E-state index in [1.54, 1.807) is 31.4 Å². The molecule has 29 heavy (non-hydrogen) atoms. The first-order chi connectivity index (χ1) is 13.9. The second-order valence-corrected chi connectivity index (χ2v) is 9.95. The number of halogens is 1. The summed E-state index contributed by atoms with van der Waals surface area (Å²) in [5.41, 5.74) is 3.00. The first-order valence-corrected chi connectivity index (χ1v) is 11.3. The summed E-state index contributed by atoms with van der Waals surface area (Å²) in [5, 5.41) is 11.4. The van der Waals surface area contributed by atoms with Gasteiger partial charge in [-0.1, -0.05) is 18.2 Å². The number of hydrogen-bond acceptors (Lipinski definition) is 4. The maximum atomic E-state index is 16.5. The van der Waals surface area contributed by atoms with Gasteiger partial charge in [0, 0.05) is 27.3 Å². The van der Waals surface area contributed by atoms with Gasteiger partial charge < -0.3 is 4.74 Å². The van der Waals surface area contributed by atoms with Crippen LogP contribution >= 0.6 is 10.4 Å².